The highest BCUT2D eigenvalue weighted by Crippen LogP contribution is 2.22. The van der Waals surface area contributed by atoms with E-state index in [1.54, 1.807) is 6.20 Å². The third kappa shape index (κ3) is 3.29. The van der Waals surface area contributed by atoms with Crippen molar-refractivity contribution in [3.63, 3.8) is 0 Å². The topological polar surface area (TPSA) is 118 Å². The van der Waals surface area contributed by atoms with Crippen molar-refractivity contribution in [2.45, 2.75) is 0 Å². The van der Waals surface area contributed by atoms with Crippen LogP contribution in [0.15, 0.2) is 48.7 Å². The van der Waals surface area contributed by atoms with Gasteiger partial charge in [0.25, 0.3) is 0 Å². The summed E-state index contributed by atoms with van der Waals surface area (Å²) in [4.78, 5) is 4.47. The summed E-state index contributed by atoms with van der Waals surface area (Å²) >= 11 is 0. The van der Waals surface area contributed by atoms with Crippen LogP contribution in [0.4, 0.5) is 11.6 Å². The van der Waals surface area contributed by atoms with Crippen LogP contribution in [0.2, 0.25) is 0 Å². The van der Waals surface area contributed by atoms with Crippen LogP contribution in [0.3, 0.4) is 0 Å². The molecule has 0 bridgehead atoms. The summed E-state index contributed by atoms with van der Waals surface area (Å²) < 4.78 is 5.47. The Labute approximate surface area is 143 Å². The largest absolute Gasteiger partial charge is 0.492 e. The fourth-order valence-electron chi connectivity index (χ4n) is 2.48. The van der Waals surface area contributed by atoms with Crippen molar-refractivity contribution in [3.05, 3.63) is 48.7 Å². The fraction of sp³-hybridized carbons (Fsp3) is 0.118. The van der Waals surface area contributed by atoms with Crippen molar-refractivity contribution in [2.24, 2.45) is 5.73 Å². The van der Waals surface area contributed by atoms with E-state index in [1.807, 2.05) is 42.5 Å². The highest BCUT2D eigenvalue weighted by Gasteiger charge is 2.07. The minimum absolute atomic E-state index is 0.490. The lowest BCUT2D eigenvalue weighted by Crippen LogP contribution is -2.10. The molecule has 0 aliphatic carbocycles. The van der Waals surface area contributed by atoms with Gasteiger partial charge < -0.3 is 15.8 Å². The Hall–Kier alpha value is -3.39. The molecule has 0 aliphatic heterocycles. The molecule has 0 fully saturated rings. The lowest BCUT2D eigenvalue weighted by Gasteiger charge is -2.04. The molecule has 0 atom stereocenters. The maximum atomic E-state index is 5.47. The Morgan fingerprint density at radius 3 is 2.80 bits per heavy atom. The molecule has 4 rings (SSSR count). The quantitative estimate of drug-likeness (QED) is 0.430. The molecule has 2 aromatic heterocycles. The van der Waals surface area contributed by atoms with Gasteiger partial charge >= 0.3 is 0 Å². The van der Waals surface area contributed by atoms with Crippen LogP contribution in [0.1, 0.15) is 0 Å². The fourth-order valence-corrected chi connectivity index (χ4v) is 2.48. The first kappa shape index (κ1) is 15.2. The molecule has 4 aromatic rings. The zero-order valence-corrected chi connectivity index (χ0v) is 13.4. The molecule has 5 N–H and O–H groups in total. The van der Waals surface area contributed by atoms with E-state index in [-0.39, 0.29) is 0 Å². The van der Waals surface area contributed by atoms with Crippen LogP contribution in [0.25, 0.3) is 22.3 Å². The molecule has 8 heteroatoms. The highest BCUT2D eigenvalue weighted by molar-refractivity contribution is 5.82. The second kappa shape index (κ2) is 6.62. The van der Waals surface area contributed by atoms with E-state index < -0.39 is 0 Å². The SMILES string of the molecule is NCCOc1ccc(-c2nc(Nc3ccc4[nH]ncc4c3)n[nH]2)cc1. The van der Waals surface area contributed by atoms with Gasteiger partial charge in [0.2, 0.25) is 5.95 Å². The second-order valence-electron chi connectivity index (χ2n) is 5.47. The number of benzene rings is 2. The first-order valence-corrected chi connectivity index (χ1v) is 7.88. The van der Waals surface area contributed by atoms with Gasteiger partial charge in [0.05, 0.1) is 11.7 Å². The van der Waals surface area contributed by atoms with E-state index in [1.165, 1.54) is 0 Å². The molecule has 0 aliphatic rings. The van der Waals surface area contributed by atoms with Crippen molar-refractivity contribution < 1.29 is 4.74 Å². The number of anilines is 2. The average Bonchev–Trinajstić information content (AvgIpc) is 3.29. The second-order valence-corrected chi connectivity index (χ2v) is 5.47. The summed E-state index contributed by atoms with van der Waals surface area (Å²) in [7, 11) is 0. The van der Waals surface area contributed by atoms with Gasteiger partial charge in [0.15, 0.2) is 5.82 Å². The zero-order valence-electron chi connectivity index (χ0n) is 13.4. The van der Waals surface area contributed by atoms with E-state index in [2.05, 4.69) is 30.7 Å². The number of ether oxygens (including phenoxy) is 1. The molecule has 2 heterocycles. The first-order valence-electron chi connectivity index (χ1n) is 7.88. The number of fused-ring (bicyclic) bond motifs is 1. The number of rotatable bonds is 6. The Kier molecular flexibility index (Phi) is 4.01. The minimum atomic E-state index is 0.490. The van der Waals surface area contributed by atoms with Crippen molar-refractivity contribution >= 4 is 22.5 Å². The summed E-state index contributed by atoms with van der Waals surface area (Å²) in [5, 5.41) is 18.3. The molecule has 0 saturated heterocycles. The van der Waals surface area contributed by atoms with E-state index in [0.29, 0.717) is 24.9 Å². The molecule has 0 spiro atoms. The Morgan fingerprint density at radius 1 is 1.08 bits per heavy atom. The van der Waals surface area contributed by atoms with Gasteiger partial charge in [-0.1, -0.05) is 0 Å². The summed E-state index contributed by atoms with van der Waals surface area (Å²) in [6, 6.07) is 13.5. The number of H-pyrrole nitrogens is 2. The molecule has 8 nitrogen and oxygen atoms in total. The normalized spacial score (nSPS) is 10.9. The lowest BCUT2D eigenvalue weighted by molar-refractivity contribution is 0.328. The van der Waals surface area contributed by atoms with Gasteiger partial charge in [-0.15, -0.1) is 5.10 Å². The standard InChI is InChI=1S/C17H17N7O/c18-7-8-25-14-4-1-11(2-5-14)16-21-17(24-23-16)20-13-3-6-15-12(9-13)10-19-22-15/h1-6,9-10H,7-8,18H2,(H,19,22)(H2,20,21,23,24). The predicted molar refractivity (Wildman–Crippen MR) is 95.7 cm³/mol. The molecular weight excluding hydrogens is 318 g/mol. The summed E-state index contributed by atoms with van der Waals surface area (Å²) in [6.45, 7) is 0.986. The maximum Gasteiger partial charge on any atom is 0.246 e. The molecule has 25 heavy (non-hydrogen) atoms. The minimum Gasteiger partial charge on any atom is -0.492 e. The van der Waals surface area contributed by atoms with Crippen LogP contribution in [0.5, 0.6) is 5.75 Å². The van der Waals surface area contributed by atoms with Gasteiger partial charge in [0.1, 0.15) is 12.4 Å². The summed E-state index contributed by atoms with van der Waals surface area (Å²) in [5.41, 5.74) is 8.23. The third-order valence-electron chi connectivity index (χ3n) is 3.70. The van der Waals surface area contributed by atoms with Gasteiger partial charge in [-0.2, -0.15) is 10.1 Å². The first-order chi connectivity index (χ1) is 12.3. The van der Waals surface area contributed by atoms with Gasteiger partial charge in [-0.05, 0) is 42.5 Å². The number of hydrogen-bond acceptors (Lipinski definition) is 6. The van der Waals surface area contributed by atoms with Crippen LogP contribution < -0.4 is 15.8 Å². The van der Waals surface area contributed by atoms with E-state index in [0.717, 1.165) is 27.9 Å². The zero-order chi connectivity index (χ0) is 17.1. The van der Waals surface area contributed by atoms with E-state index >= 15 is 0 Å². The third-order valence-corrected chi connectivity index (χ3v) is 3.70. The van der Waals surface area contributed by atoms with Gasteiger partial charge in [-0.3, -0.25) is 10.2 Å². The average molecular weight is 335 g/mol. The van der Waals surface area contributed by atoms with Gasteiger partial charge in [0, 0.05) is 23.2 Å². The lowest BCUT2D eigenvalue weighted by atomic mass is 10.2. The molecule has 0 unspecified atom stereocenters. The molecule has 0 saturated carbocycles. The van der Waals surface area contributed by atoms with Crippen molar-refractivity contribution in [1.82, 2.24) is 25.4 Å². The van der Waals surface area contributed by atoms with E-state index in [4.69, 9.17) is 10.5 Å². The number of aromatic amines is 2. The monoisotopic (exact) mass is 335 g/mol. The number of aromatic nitrogens is 5. The van der Waals surface area contributed by atoms with Crippen molar-refractivity contribution in [3.8, 4) is 17.1 Å². The Bertz CT molecular complexity index is 974. The van der Waals surface area contributed by atoms with Crippen LogP contribution in [-0.4, -0.2) is 38.5 Å². The molecule has 0 radical (unpaired) electrons. The Morgan fingerprint density at radius 2 is 1.96 bits per heavy atom. The van der Waals surface area contributed by atoms with Crippen LogP contribution in [-0.2, 0) is 0 Å². The maximum absolute atomic E-state index is 5.47. The molecule has 0 amide bonds. The van der Waals surface area contributed by atoms with Crippen molar-refractivity contribution in [2.75, 3.05) is 18.5 Å². The number of nitrogens with zero attached hydrogens (tertiary/aromatic N) is 3. The van der Waals surface area contributed by atoms with E-state index in [9.17, 15) is 0 Å². The number of hydrogen-bond donors (Lipinski definition) is 4. The number of nitrogens with two attached hydrogens (primary N) is 1. The summed E-state index contributed by atoms with van der Waals surface area (Å²) in [6.07, 6.45) is 1.78. The predicted octanol–water partition coefficient (Wildman–Crippen LogP) is 2.43. The number of nitrogens with one attached hydrogen (secondary N) is 3. The summed E-state index contributed by atoms with van der Waals surface area (Å²) in [5.74, 6) is 1.96. The van der Waals surface area contributed by atoms with Crippen LogP contribution in [0, 0.1) is 0 Å². The van der Waals surface area contributed by atoms with Gasteiger partial charge in [-0.25, -0.2) is 0 Å². The van der Waals surface area contributed by atoms with Crippen LogP contribution >= 0.6 is 0 Å². The Balaban J connectivity index is 1.49. The molecule has 2 aromatic carbocycles. The smallest absolute Gasteiger partial charge is 0.246 e. The molecule has 126 valence electrons. The molecular formula is C17H17N7O. The van der Waals surface area contributed by atoms with Crippen molar-refractivity contribution in [1.29, 1.82) is 0 Å². The highest BCUT2D eigenvalue weighted by atomic mass is 16.5.